The Kier molecular flexibility index (Phi) is 2.93. The van der Waals surface area contributed by atoms with Crippen LogP contribution in [0, 0.1) is 5.92 Å². The standard InChI is InChI=1S/C7H16BNO2/c1-6-3-7(5-10)9(4-6)8(2)11/h6-7,10-11H,3-5H2,1-2H3/t6-,7-/m0/s1. The van der Waals surface area contributed by atoms with E-state index in [1.165, 1.54) is 0 Å². The molecule has 0 aliphatic carbocycles. The van der Waals surface area contributed by atoms with Crippen LogP contribution in [0.15, 0.2) is 0 Å². The summed E-state index contributed by atoms with van der Waals surface area (Å²) >= 11 is 0. The summed E-state index contributed by atoms with van der Waals surface area (Å²) in [5, 5.41) is 18.2. The van der Waals surface area contributed by atoms with Gasteiger partial charge in [-0.3, -0.25) is 0 Å². The Morgan fingerprint density at radius 2 is 2.27 bits per heavy atom. The highest BCUT2D eigenvalue weighted by Crippen LogP contribution is 2.22. The molecule has 0 aromatic heterocycles. The quantitative estimate of drug-likeness (QED) is 0.545. The monoisotopic (exact) mass is 157 g/mol. The fourth-order valence-corrected chi connectivity index (χ4v) is 1.82. The van der Waals surface area contributed by atoms with Crippen molar-refractivity contribution in [3.63, 3.8) is 0 Å². The molecule has 0 aromatic carbocycles. The van der Waals surface area contributed by atoms with E-state index < -0.39 is 7.05 Å². The highest BCUT2D eigenvalue weighted by atomic mass is 16.3. The molecule has 1 rings (SSSR count). The maximum atomic E-state index is 9.29. The molecule has 3 nitrogen and oxygen atoms in total. The first kappa shape index (κ1) is 9.04. The van der Waals surface area contributed by atoms with Gasteiger partial charge in [0.2, 0.25) is 0 Å². The van der Waals surface area contributed by atoms with Gasteiger partial charge in [-0.1, -0.05) is 6.92 Å². The summed E-state index contributed by atoms with van der Waals surface area (Å²) in [4.78, 5) is 1.95. The van der Waals surface area contributed by atoms with Crippen LogP contribution in [0.3, 0.4) is 0 Å². The van der Waals surface area contributed by atoms with Crippen molar-refractivity contribution in [2.45, 2.75) is 26.2 Å². The van der Waals surface area contributed by atoms with E-state index in [4.69, 9.17) is 5.11 Å². The molecule has 0 saturated carbocycles. The van der Waals surface area contributed by atoms with Gasteiger partial charge in [-0.2, -0.15) is 0 Å². The largest absolute Gasteiger partial charge is 0.437 e. The van der Waals surface area contributed by atoms with Crippen molar-refractivity contribution < 1.29 is 10.1 Å². The minimum Gasteiger partial charge on any atom is -0.437 e. The SMILES string of the molecule is CB(O)N1C[C@@H](C)C[C@H]1CO. The number of hydrogen-bond acceptors (Lipinski definition) is 3. The van der Waals surface area contributed by atoms with E-state index in [2.05, 4.69) is 6.92 Å². The summed E-state index contributed by atoms with van der Waals surface area (Å²) in [6, 6.07) is 0.171. The maximum absolute atomic E-state index is 9.29. The smallest absolute Gasteiger partial charge is 0.376 e. The van der Waals surface area contributed by atoms with Gasteiger partial charge in [0.05, 0.1) is 6.61 Å². The third-order valence-electron chi connectivity index (χ3n) is 2.36. The summed E-state index contributed by atoms with van der Waals surface area (Å²) in [6.45, 7) is 4.96. The van der Waals surface area contributed by atoms with Crippen molar-refractivity contribution in [2.24, 2.45) is 5.92 Å². The first-order valence-corrected chi connectivity index (χ1v) is 4.19. The Bertz CT molecular complexity index is 132. The second-order valence-electron chi connectivity index (χ2n) is 3.51. The molecule has 0 bridgehead atoms. The van der Waals surface area contributed by atoms with Crippen molar-refractivity contribution in [1.29, 1.82) is 0 Å². The van der Waals surface area contributed by atoms with Crippen LogP contribution in [0.1, 0.15) is 13.3 Å². The molecule has 1 aliphatic heterocycles. The van der Waals surface area contributed by atoms with Crippen molar-refractivity contribution >= 4 is 7.05 Å². The highest BCUT2D eigenvalue weighted by Gasteiger charge is 2.33. The average Bonchev–Trinajstić information content (AvgIpc) is 2.30. The van der Waals surface area contributed by atoms with Crippen LogP contribution in [-0.2, 0) is 0 Å². The number of hydrogen-bond donors (Lipinski definition) is 2. The van der Waals surface area contributed by atoms with Crippen molar-refractivity contribution in [1.82, 2.24) is 4.81 Å². The van der Waals surface area contributed by atoms with Gasteiger partial charge in [0.1, 0.15) is 0 Å². The summed E-state index contributed by atoms with van der Waals surface area (Å²) in [5.41, 5.74) is 0. The minimum atomic E-state index is -0.419. The lowest BCUT2D eigenvalue weighted by molar-refractivity contribution is 0.202. The van der Waals surface area contributed by atoms with Crippen LogP contribution in [0.4, 0.5) is 0 Å². The maximum Gasteiger partial charge on any atom is 0.376 e. The highest BCUT2D eigenvalue weighted by molar-refractivity contribution is 6.45. The van der Waals surface area contributed by atoms with Crippen LogP contribution < -0.4 is 0 Å². The summed E-state index contributed by atoms with van der Waals surface area (Å²) in [6.07, 6.45) is 1.00. The Hall–Kier alpha value is -0.0551. The third-order valence-corrected chi connectivity index (χ3v) is 2.36. The van der Waals surface area contributed by atoms with E-state index in [-0.39, 0.29) is 12.6 Å². The predicted molar refractivity (Wildman–Crippen MR) is 45.2 cm³/mol. The van der Waals surface area contributed by atoms with E-state index in [1.807, 2.05) is 4.81 Å². The zero-order valence-electron chi connectivity index (χ0n) is 7.20. The lowest BCUT2D eigenvalue weighted by atomic mass is 9.84. The van der Waals surface area contributed by atoms with Crippen molar-refractivity contribution in [3.05, 3.63) is 0 Å². The van der Waals surface area contributed by atoms with Gasteiger partial charge in [-0.15, -0.1) is 0 Å². The molecule has 2 N–H and O–H groups in total. The fourth-order valence-electron chi connectivity index (χ4n) is 1.82. The van der Waals surface area contributed by atoms with Crippen LogP contribution >= 0.6 is 0 Å². The lowest BCUT2D eigenvalue weighted by Crippen LogP contribution is -2.42. The molecular weight excluding hydrogens is 141 g/mol. The van der Waals surface area contributed by atoms with Gasteiger partial charge < -0.3 is 14.9 Å². The predicted octanol–water partition coefficient (Wildman–Crippen LogP) is -0.201. The molecule has 0 unspecified atom stereocenters. The zero-order valence-corrected chi connectivity index (χ0v) is 7.20. The molecule has 0 aromatic rings. The number of nitrogens with zero attached hydrogens (tertiary/aromatic N) is 1. The van der Waals surface area contributed by atoms with E-state index in [0.29, 0.717) is 5.92 Å². The molecule has 64 valence electrons. The molecule has 0 radical (unpaired) electrons. The molecule has 11 heavy (non-hydrogen) atoms. The van der Waals surface area contributed by atoms with Gasteiger partial charge in [-0.05, 0) is 25.7 Å². The third kappa shape index (κ3) is 1.95. The molecule has 4 heteroatoms. The summed E-state index contributed by atoms with van der Waals surface area (Å²) in [5.74, 6) is 0.599. The van der Waals surface area contributed by atoms with Crippen molar-refractivity contribution in [2.75, 3.05) is 13.2 Å². The number of aliphatic hydroxyl groups excluding tert-OH is 1. The summed E-state index contributed by atoms with van der Waals surface area (Å²) < 4.78 is 0. The van der Waals surface area contributed by atoms with Gasteiger partial charge in [0.25, 0.3) is 0 Å². The Morgan fingerprint density at radius 1 is 1.64 bits per heavy atom. The van der Waals surface area contributed by atoms with Crippen LogP contribution in [-0.4, -0.2) is 41.2 Å². The van der Waals surface area contributed by atoms with E-state index >= 15 is 0 Å². The first-order chi connectivity index (χ1) is 5.15. The fraction of sp³-hybridized carbons (Fsp3) is 1.00. The Labute approximate surface area is 68.2 Å². The molecule has 0 spiro atoms. The summed E-state index contributed by atoms with van der Waals surface area (Å²) in [7, 11) is -0.419. The van der Waals surface area contributed by atoms with Gasteiger partial charge in [0, 0.05) is 6.04 Å². The topological polar surface area (TPSA) is 43.7 Å². The zero-order chi connectivity index (χ0) is 8.43. The lowest BCUT2D eigenvalue weighted by Gasteiger charge is -2.22. The first-order valence-electron chi connectivity index (χ1n) is 4.19. The van der Waals surface area contributed by atoms with E-state index in [9.17, 15) is 5.02 Å². The molecule has 2 atom stereocenters. The molecule has 1 aliphatic rings. The van der Waals surface area contributed by atoms with Crippen LogP contribution in [0.2, 0.25) is 6.82 Å². The molecule has 0 amide bonds. The number of aliphatic hydroxyl groups is 1. The minimum absolute atomic E-state index is 0.162. The second-order valence-corrected chi connectivity index (χ2v) is 3.51. The van der Waals surface area contributed by atoms with Gasteiger partial charge in [0.15, 0.2) is 0 Å². The molecule has 1 fully saturated rings. The molecule has 1 saturated heterocycles. The second kappa shape index (κ2) is 3.56. The van der Waals surface area contributed by atoms with Crippen LogP contribution in [0.5, 0.6) is 0 Å². The van der Waals surface area contributed by atoms with Crippen LogP contribution in [0.25, 0.3) is 0 Å². The Balaban J connectivity index is 2.50. The normalized spacial score (nSPS) is 32.7. The number of rotatable bonds is 2. The molecule has 1 heterocycles. The van der Waals surface area contributed by atoms with E-state index in [0.717, 1.165) is 13.0 Å². The van der Waals surface area contributed by atoms with Gasteiger partial charge >= 0.3 is 7.05 Å². The average molecular weight is 157 g/mol. The Morgan fingerprint density at radius 3 is 2.64 bits per heavy atom. The van der Waals surface area contributed by atoms with Crippen molar-refractivity contribution in [3.8, 4) is 0 Å². The molecular formula is C7H16BNO2. The van der Waals surface area contributed by atoms with Gasteiger partial charge in [-0.25, -0.2) is 0 Å². The van der Waals surface area contributed by atoms with E-state index in [1.54, 1.807) is 6.82 Å².